The Morgan fingerprint density at radius 2 is 2.26 bits per heavy atom. The second-order valence-electron chi connectivity index (χ2n) is 5.10. The minimum absolute atomic E-state index is 0.158. The molecule has 2 heterocycles. The highest BCUT2D eigenvalue weighted by atomic mass is 32.2. The molecule has 1 unspecified atom stereocenters. The lowest BCUT2D eigenvalue weighted by Gasteiger charge is -2.12. The summed E-state index contributed by atoms with van der Waals surface area (Å²) < 4.78 is 5.80. The molecule has 0 saturated carbocycles. The van der Waals surface area contributed by atoms with Crippen LogP contribution in [0.5, 0.6) is 5.88 Å². The van der Waals surface area contributed by atoms with Gasteiger partial charge in [0.15, 0.2) is 0 Å². The van der Waals surface area contributed by atoms with Crippen molar-refractivity contribution in [3.8, 4) is 11.9 Å². The molecule has 1 aliphatic rings. The average molecular weight is 325 g/mol. The number of pyridine rings is 1. The molecule has 1 aromatic carbocycles. The Labute approximate surface area is 138 Å². The molecule has 23 heavy (non-hydrogen) atoms. The molecule has 0 spiro atoms. The minimum atomic E-state index is -0.291. The van der Waals surface area contributed by atoms with Gasteiger partial charge in [0.05, 0.1) is 11.3 Å². The molecule has 1 N–H and O–H groups in total. The van der Waals surface area contributed by atoms with Crippen LogP contribution >= 0.6 is 11.8 Å². The Morgan fingerprint density at radius 1 is 1.39 bits per heavy atom. The molecule has 6 heteroatoms. The van der Waals surface area contributed by atoms with E-state index in [4.69, 9.17) is 10.00 Å². The number of hydrogen-bond acceptors (Lipinski definition) is 5. The first-order valence-corrected chi connectivity index (χ1v) is 8.42. The molecule has 0 bridgehead atoms. The first-order chi connectivity index (χ1) is 11.3. The number of aromatic nitrogens is 1. The van der Waals surface area contributed by atoms with Gasteiger partial charge in [-0.3, -0.25) is 4.79 Å². The molecule has 1 fully saturated rings. The lowest BCUT2D eigenvalue weighted by atomic mass is 10.2. The SMILES string of the molecule is N#Cc1ccccc1NC(=O)c1ccnc(OC2CCSC2)c1. The smallest absolute Gasteiger partial charge is 0.255 e. The van der Waals surface area contributed by atoms with Crippen LogP contribution in [0.4, 0.5) is 5.69 Å². The van der Waals surface area contributed by atoms with Crippen molar-refractivity contribution in [3.05, 3.63) is 53.7 Å². The van der Waals surface area contributed by atoms with Gasteiger partial charge in [-0.15, -0.1) is 0 Å². The largest absolute Gasteiger partial charge is 0.473 e. The Kier molecular flexibility index (Phi) is 4.79. The van der Waals surface area contributed by atoms with Gasteiger partial charge in [-0.05, 0) is 30.4 Å². The molecular weight excluding hydrogens is 310 g/mol. The summed E-state index contributed by atoms with van der Waals surface area (Å²) in [6.45, 7) is 0. The van der Waals surface area contributed by atoms with Crippen LogP contribution in [0, 0.1) is 11.3 Å². The summed E-state index contributed by atoms with van der Waals surface area (Å²) in [6, 6.07) is 12.2. The number of nitriles is 1. The number of benzene rings is 1. The van der Waals surface area contributed by atoms with Crippen LogP contribution < -0.4 is 10.1 Å². The molecule has 1 saturated heterocycles. The third kappa shape index (κ3) is 3.82. The van der Waals surface area contributed by atoms with Crippen molar-refractivity contribution in [2.45, 2.75) is 12.5 Å². The maximum atomic E-state index is 12.4. The maximum absolute atomic E-state index is 12.4. The minimum Gasteiger partial charge on any atom is -0.473 e. The topological polar surface area (TPSA) is 75.0 Å². The number of rotatable bonds is 4. The van der Waals surface area contributed by atoms with Gasteiger partial charge >= 0.3 is 0 Å². The summed E-state index contributed by atoms with van der Waals surface area (Å²) >= 11 is 1.86. The van der Waals surface area contributed by atoms with Crippen LogP contribution in [-0.2, 0) is 0 Å². The zero-order chi connectivity index (χ0) is 16.1. The van der Waals surface area contributed by atoms with Crippen molar-refractivity contribution in [1.29, 1.82) is 5.26 Å². The van der Waals surface area contributed by atoms with E-state index in [-0.39, 0.29) is 12.0 Å². The fourth-order valence-electron chi connectivity index (χ4n) is 2.28. The Bertz CT molecular complexity index is 751. The van der Waals surface area contributed by atoms with Crippen molar-refractivity contribution in [3.63, 3.8) is 0 Å². The zero-order valence-corrected chi connectivity index (χ0v) is 13.2. The highest BCUT2D eigenvalue weighted by Crippen LogP contribution is 2.22. The predicted molar refractivity (Wildman–Crippen MR) is 89.7 cm³/mol. The molecular formula is C17H15N3O2S. The van der Waals surface area contributed by atoms with E-state index >= 15 is 0 Å². The molecule has 1 aromatic heterocycles. The molecule has 0 radical (unpaired) electrons. The third-order valence-corrected chi connectivity index (χ3v) is 4.60. The van der Waals surface area contributed by atoms with E-state index in [1.165, 1.54) is 0 Å². The summed E-state index contributed by atoms with van der Waals surface area (Å²) in [7, 11) is 0. The highest BCUT2D eigenvalue weighted by molar-refractivity contribution is 7.99. The lowest BCUT2D eigenvalue weighted by molar-refractivity contribution is 0.102. The van der Waals surface area contributed by atoms with Crippen molar-refractivity contribution >= 4 is 23.4 Å². The van der Waals surface area contributed by atoms with Crippen LogP contribution in [0.3, 0.4) is 0 Å². The fraction of sp³-hybridized carbons (Fsp3) is 0.235. The van der Waals surface area contributed by atoms with Gasteiger partial charge in [0.1, 0.15) is 12.2 Å². The van der Waals surface area contributed by atoms with Gasteiger partial charge in [-0.25, -0.2) is 4.98 Å². The summed E-state index contributed by atoms with van der Waals surface area (Å²) in [5.41, 5.74) is 1.37. The van der Waals surface area contributed by atoms with Crippen LogP contribution in [0.2, 0.25) is 0 Å². The van der Waals surface area contributed by atoms with Crippen molar-refractivity contribution in [1.82, 2.24) is 4.98 Å². The zero-order valence-electron chi connectivity index (χ0n) is 12.4. The Morgan fingerprint density at radius 3 is 3.04 bits per heavy atom. The van der Waals surface area contributed by atoms with Crippen molar-refractivity contribution in [2.75, 3.05) is 16.8 Å². The second kappa shape index (κ2) is 7.16. The molecule has 5 nitrogen and oxygen atoms in total. The van der Waals surface area contributed by atoms with Gasteiger partial charge in [0, 0.05) is 23.6 Å². The van der Waals surface area contributed by atoms with E-state index in [0.29, 0.717) is 22.7 Å². The van der Waals surface area contributed by atoms with Crippen LogP contribution in [0.15, 0.2) is 42.6 Å². The van der Waals surface area contributed by atoms with Crippen molar-refractivity contribution in [2.24, 2.45) is 0 Å². The molecule has 0 aliphatic carbocycles. The standard InChI is InChI=1S/C17H15N3O2S/c18-10-13-3-1-2-4-15(13)20-17(21)12-5-7-19-16(9-12)22-14-6-8-23-11-14/h1-5,7,9,14H,6,8,11H2,(H,20,21). The number of para-hydroxylation sites is 1. The first-order valence-electron chi connectivity index (χ1n) is 7.27. The quantitative estimate of drug-likeness (QED) is 0.935. The normalized spacial score (nSPS) is 16.6. The second-order valence-corrected chi connectivity index (χ2v) is 6.25. The monoisotopic (exact) mass is 325 g/mol. The number of ether oxygens (including phenoxy) is 1. The van der Waals surface area contributed by atoms with Crippen LogP contribution in [-0.4, -0.2) is 28.5 Å². The number of hydrogen-bond donors (Lipinski definition) is 1. The number of amides is 1. The number of carbonyl (C=O) groups is 1. The third-order valence-electron chi connectivity index (χ3n) is 3.47. The van der Waals surface area contributed by atoms with Gasteiger partial charge < -0.3 is 10.1 Å². The summed E-state index contributed by atoms with van der Waals surface area (Å²) in [5.74, 6) is 2.21. The molecule has 1 atom stereocenters. The van der Waals surface area contributed by atoms with Gasteiger partial charge in [0.25, 0.3) is 5.91 Å². The average Bonchev–Trinajstić information content (AvgIpc) is 3.08. The molecule has 1 aliphatic heterocycles. The van der Waals surface area contributed by atoms with Gasteiger partial charge in [-0.1, -0.05) is 12.1 Å². The predicted octanol–water partition coefficient (Wildman–Crippen LogP) is 3.09. The molecule has 116 valence electrons. The van der Waals surface area contributed by atoms with E-state index < -0.39 is 0 Å². The van der Waals surface area contributed by atoms with E-state index in [2.05, 4.69) is 16.4 Å². The maximum Gasteiger partial charge on any atom is 0.255 e. The van der Waals surface area contributed by atoms with Crippen LogP contribution in [0.25, 0.3) is 0 Å². The molecule has 2 aromatic rings. The van der Waals surface area contributed by atoms with Gasteiger partial charge in [-0.2, -0.15) is 17.0 Å². The lowest BCUT2D eigenvalue weighted by Crippen LogP contribution is -2.17. The Balaban J connectivity index is 1.73. The Hall–Kier alpha value is -2.52. The number of nitrogens with one attached hydrogen (secondary N) is 1. The number of nitrogens with zero attached hydrogens (tertiary/aromatic N) is 2. The van der Waals surface area contributed by atoms with E-state index in [1.54, 1.807) is 42.6 Å². The van der Waals surface area contributed by atoms with E-state index in [9.17, 15) is 4.79 Å². The number of anilines is 1. The number of thioether (sulfide) groups is 1. The number of carbonyl (C=O) groups excluding carboxylic acids is 1. The van der Waals surface area contributed by atoms with E-state index in [0.717, 1.165) is 17.9 Å². The summed E-state index contributed by atoms with van der Waals surface area (Å²) in [4.78, 5) is 16.5. The van der Waals surface area contributed by atoms with Crippen molar-refractivity contribution < 1.29 is 9.53 Å². The van der Waals surface area contributed by atoms with Crippen LogP contribution in [0.1, 0.15) is 22.3 Å². The molecule has 1 amide bonds. The summed E-state index contributed by atoms with van der Waals surface area (Å²) in [5, 5.41) is 11.8. The molecule has 3 rings (SSSR count). The fourth-order valence-corrected chi connectivity index (χ4v) is 3.37. The first kappa shape index (κ1) is 15.4. The summed E-state index contributed by atoms with van der Waals surface area (Å²) in [6.07, 6.45) is 2.71. The highest BCUT2D eigenvalue weighted by Gasteiger charge is 2.18. The van der Waals surface area contributed by atoms with Gasteiger partial charge in [0.2, 0.25) is 5.88 Å². The van der Waals surface area contributed by atoms with E-state index in [1.807, 2.05) is 11.8 Å².